The van der Waals surface area contributed by atoms with Crippen LogP contribution in [0.25, 0.3) is 0 Å². The van der Waals surface area contributed by atoms with Crippen molar-refractivity contribution in [2.45, 2.75) is 19.4 Å². The molecule has 0 radical (unpaired) electrons. The van der Waals surface area contributed by atoms with Gasteiger partial charge < -0.3 is 5.73 Å². The second-order valence-corrected chi connectivity index (χ2v) is 6.79. The summed E-state index contributed by atoms with van der Waals surface area (Å²) in [6.45, 7) is 1.67. The highest BCUT2D eigenvalue weighted by Gasteiger charge is 2.26. The molecule has 0 atom stereocenters. The Morgan fingerprint density at radius 2 is 2.05 bits per heavy atom. The van der Waals surface area contributed by atoms with Gasteiger partial charge >= 0.3 is 0 Å². The van der Waals surface area contributed by atoms with Crippen molar-refractivity contribution in [3.05, 3.63) is 35.6 Å². The molecule has 1 aliphatic heterocycles. The summed E-state index contributed by atoms with van der Waals surface area (Å²) in [5.74, 6) is 0.0372. The first-order valence-electron chi connectivity index (χ1n) is 6.70. The maximum absolute atomic E-state index is 13.0. The fourth-order valence-electron chi connectivity index (χ4n) is 2.30. The van der Waals surface area contributed by atoms with E-state index in [1.54, 1.807) is 12.1 Å². The monoisotopic (exact) mass is 301 g/mol. The van der Waals surface area contributed by atoms with Crippen molar-refractivity contribution in [1.82, 2.24) is 9.03 Å². The quantitative estimate of drug-likeness (QED) is 0.846. The number of halogens is 1. The highest BCUT2D eigenvalue weighted by Crippen LogP contribution is 2.18. The largest absolute Gasteiger partial charge is 0.330 e. The first-order valence-corrected chi connectivity index (χ1v) is 8.14. The molecule has 0 unspecified atom stereocenters. The Kier molecular flexibility index (Phi) is 5.09. The number of piperidine rings is 1. The maximum atomic E-state index is 13.0. The molecule has 7 heteroatoms. The highest BCUT2D eigenvalue weighted by atomic mass is 32.2. The molecule has 1 aromatic rings. The minimum absolute atomic E-state index is 0.0942. The molecule has 0 saturated carbocycles. The number of hydrogen-bond acceptors (Lipinski definition) is 3. The van der Waals surface area contributed by atoms with Crippen LogP contribution in [0.2, 0.25) is 0 Å². The zero-order chi connectivity index (χ0) is 14.6. The average Bonchev–Trinajstić information content (AvgIpc) is 2.45. The lowest BCUT2D eigenvalue weighted by Crippen LogP contribution is -2.45. The van der Waals surface area contributed by atoms with E-state index in [-0.39, 0.29) is 12.4 Å². The summed E-state index contributed by atoms with van der Waals surface area (Å²) in [4.78, 5) is 0. The Balaban J connectivity index is 1.91. The molecule has 0 amide bonds. The fourth-order valence-corrected chi connectivity index (χ4v) is 3.52. The third kappa shape index (κ3) is 3.99. The third-order valence-electron chi connectivity index (χ3n) is 3.59. The topological polar surface area (TPSA) is 75.4 Å². The number of nitrogens with zero attached hydrogens (tertiary/aromatic N) is 1. The van der Waals surface area contributed by atoms with Gasteiger partial charge in [-0.05, 0) is 43.0 Å². The van der Waals surface area contributed by atoms with Crippen LogP contribution >= 0.6 is 0 Å². The fraction of sp³-hybridized carbons (Fsp3) is 0.538. The Labute approximate surface area is 119 Å². The van der Waals surface area contributed by atoms with Gasteiger partial charge in [0.2, 0.25) is 0 Å². The maximum Gasteiger partial charge on any atom is 0.279 e. The number of hydrogen-bond donors (Lipinski definition) is 2. The molecule has 1 heterocycles. The molecule has 1 saturated heterocycles. The molecule has 3 N–H and O–H groups in total. The van der Waals surface area contributed by atoms with Crippen LogP contribution in [0.3, 0.4) is 0 Å². The lowest BCUT2D eigenvalue weighted by molar-refractivity contribution is 0.275. The van der Waals surface area contributed by atoms with Crippen LogP contribution in [0.4, 0.5) is 4.39 Å². The Hall–Kier alpha value is -1.02. The van der Waals surface area contributed by atoms with Crippen LogP contribution in [-0.2, 0) is 16.8 Å². The summed E-state index contributed by atoms with van der Waals surface area (Å²) in [6.07, 6.45) is 1.58. The highest BCUT2D eigenvalue weighted by molar-refractivity contribution is 7.87. The van der Waals surface area contributed by atoms with Gasteiger partial charge in [0.1, 0.15) is 5.82 Å². The van der Waals surface area contributed by atoms with E-state index in [4.69, 9.17) is 5.73 Å². The van der Waals surface area contributed by atoms with Gasteiger partial charge in [0.15, 0.2) is 0 Å². The van der Waals surface area contributed by atoms with E-state index in [0.29, 0.717) is 31.1 Å². The van der Waals surface area contributed by atoms with Crippen molar-refractivity contribution in [1.29, 1.82) is 0 Å². The smallest absolute Gasteiger partial charge is 0.279 e. The van der Waals surface area contributed by atoms with E-state index in [0.717, 1.165) is 12.8 Å². The number of rotatable bonds is 5. The lowest BCUT2D eigenvalue weighted by atomic mass is 9.99. The third-order valence-corrected chi connectivity index (χ3v) is 5.15. The van der Waals surface area contributed by atoms with Crippen LogP contribution in [0, 0.1) is 11.7 Å². The van der Waals surface area contributed by atoms with Gasteiger partial charge in [-0.1, -0.05) is 12.1 Å². The number of benzene rings is 1. The van der Waals surface area contributed by atoms with Crippen molar-refractivity contribution in [3.63, 3.8) is 0 Å². The molecule has 1 fully saturated rings. The molecule has 20 heavy (non-hydrogen) atoms. The molecule has 112 valence electrons. The normalized spacial score (nSPS) is 18.3. The molecule has 0 aromatic heterocycles. The predicted molar refractivity (Wildman–Crippen MR) is 75.5 cm³/mol. The van der Waals surface area contributed by atoms with E-state index in [9.17, 15) is 12.8 Å². The Bertz CT molecular complexity index is 542. The average molecular weight is 301 g/mol. The molecule has 0 spiro atoms. The van der Waals surface area contributed by atoms with Crippen molar-refractivity contribution >= 4 is 10.2 Å². The van der Waals surface area contributed by atoms with Crippen molar-refractivity contribution in [3.8, 4) is 0 Å². The first-order chi connectivity index (χ1) is 9.51. The SMILES string of the molecule is NCC1CCN(S(=O)(=O)NCc2cccc(F)c2)CC1. The van der Waals surface area contributed by atoms with Crippen molar-refractivity contribution in [2.75, 3.05) is 19.6 Å². The molecule has 1 aromatic carbocycles. The summed E-state index contributed by atoms with van der Waals surface area (Å²) in [6, 6.07) is 5.90. The Morgan fingerprint density at radius 1 is 1.35 bits per heavy atom. The summed E-state index contributed by atoms with van der Waals surface area (Å²) in [5.41, 5.74) is 6.19. The second kappa shape index (κ2) is 6.62. The van der Waals surface area contributed by atoms with Crippen LogP contribution in [0.5, 0.6) is 0 Å². The van der Waals surface area contributed by atoms with Crippen LogP contribution in [-0.4, -0.2) is 32.4 Å². The van der Waals surface area contributed by atoms with Crippen molar-refractivity contribution < 1.29 is 12.8 Å². The summed E-state index contributed by atoms with van der Waals surface area (Å²) < 4.78 is 41.2. The predicted octanol–water partition coefficient (Wildman–Crippen LogP) is 0.831. The second-order valence-electron chi connectivity index (χ2n) is 5.03. The van der Waals surface area contributed by atoms with Gasteiger partial charge in [-0.2, -0.15) is 17.4 Å². The zero-order valence-corrected chi connectivity index (χ0v) is 12.1. The van der Waals surface area contributed by atoms with Crippen LogP contribution in [0.15, 0.2) is 24.3 Å². The molecule has 5 nitrogen and oxygen atoms in total. The van der Waals surface area contributed by atoms with Gasteiger partial charge in [-0.15, -0.1) is 0 Å². The van der Waals surface area contributed by atoms with Crippen LogP contribution < -0.4 is 10.5 Å². The summed E-state index contributed by atoms with van der Waals surface area (Å²) in [7, 11) is -3.51. The van der Waals surface area contributed by atoms with Gasteiger partial charge in [-0.25, -0.2) is 4.39 Å². The summed E-state index contributed by atoms with van der Waals surface area (Å²) in [5, 5.41) is 0. The first kappa shape index (κ1) is 15.4. The standard InChI is InChI=1S/C13H20FN3O2S/c14-13-3-1-2-12(8-13)10-16-20(18,19)17-6-4-11(9-15)5-7-17/h1-3,8,11,16H,4-7,9-10,15H2. The van der Waals surface area contributed by atoms with E-state index < -0.39 is 10.2 Å². The molecule has 2 rings (SSSR count). The zero-order valence-electron chi connectivity index (χ0n) is 11.3. The van der Waals surface area contributed by atoms with Gasteiger partial charge in [-0.3, -0.25) is 0 Å². The molecular weight excluding hydrogens is 281 g/mol. The molecule has 0 bridgehead atoms. The van der Waals surface area contributed by atoms with E-state index in [2.05, 4.69) is 4.72 Å². The summed E-state index contributed by atoms with van der Waals surface area (Å²) >= 11 is 0. The van der Waals surface area contributed by atoms with E-state index in [1.165, 1.54) is 16.4 Å². The molecular formula is C13H20FN3O2S. The van der Waals surface area contributed by atoms with E-state index in [1.807, 2.05) is 0 Å². The molecule has 0 aliphatic carbocycles. The lowest BCUT2D eigenvalue weighted by Gasteiger charge is -2.30. The minimum Gasteiger partial charge on any atom is -0.330 e. The van der Waals surface area contributed by atoms with Gasteiger partial charge in [0.25, 0.3) is 10.2 Å². The van der Waals surface area contributed by atoms with Gasteiger partial charge in [0, 0.05) is 19.6 Å². The number of nitrogens with one attached hydrogen (secondary N) is 1. The van der Waals surface area contributed by atoms with Gasteiger partial charge in [0.05, 0.1) is 0 Å². The minimum atomic E-state index is -3.51. The van der Waals surface area contributed by atoms with Crippen LogP contribution in [0.1, 0.15) is 18.4 Å². The molecule has 1 aliphatic rings. The van der Waals surface area contributed by atoms with Crippen molar-refractivity contribution in [2.24, 2.45) is 11.7 Å². The van der Waals surface area contributed by atoms with E-state index >= 15 is 0 Å². The Morgan fingerprint density at radius 3 is 2.65 bits per heavy atom. The number of nitrogens with two attached hydrogens (primary N) is 1.